The topological polar surface area (TPSA) is 142 Å². The van der Waals surface area contributed by atoms with Gasteiger partial charge in [-0.3, -0.25) is 0 Å². The molecule has 10 heteroatoms. The van der Waals surface area contributed by atoms with Gasteiger partial charge in [0, 0.05) is 11.8 Å². The van der Waals surface area contributed by atoms with Crippen LogP contribution >= 0.6 is 0 Å². The molecule has 110 valence electrons. The van der Waals surface area contributed by atoms with Gasteiger partial charge >= 0.3 is 12.0 Å². The molecule has 0 aliphatic rings. The van der Waals surface area contributed by atoms with Gasteiger partial charge in [-0.05, 0) is 12.1 Å². The Hall–Kier alpha value is -3.17. The highest BCUT2D eigenvalue weighted by atomic mass is 16.5. The maximum Gasteiger partial charge on any atom is 0.341 e. The zero-order valence-electron chi connectivity index (χ0n) is 10.7. The van der Waals surface area contributed by atoms with Gasteiger partial charge in [0.1, 0.15) is 5.75 Å². The van der Waals surface area contributed by atoms with Crippen molar-refractivity contribution in [2.75, 3.05) is 11.9 Å². The number of urea groups is 1. The smallest absolute Gasteiger partial charge is 0.341 e. The van der Waals surface area contributed by atoms with Crippen LogP contribution in [0.5, 0.6) is 5.75 Å². The lowest BCUT2D eigenvalue weighted by atomic mass is 10.3. The fraction of sp³-hybridized carbons (Fsp3) is 0.182. The average Bonchev–Trinajstić information content (AvgIpc) is 2.97. The van der Waals surface area contributed by atoms with E-state index in [9.17, 15) is 9.59 Å². The molecule has 2 rings (SSSR count). The normalized spacial score (nSPS) is 9.90. The largest absolute Gasteiger partial charge is 0.482 e. The lowest BCUT2D eigenvalue weighted by Gasteiger charge is -2.08. The van der Waals surface area contributed by atoms with Gasteiger partial charge in [0.05, 0.1) is 6.54 Å². The van der Waals surface area contributed by atoms with Crippen LogP contribution in [0.3, 0.4) is 0 Å². The molecular weight excluding hydrogens is 280 g/mol. The van der Waals surface area contributed by atoms with Crippen LogP contribution in [0.25, 0.3) is 0 Å². The number of nitrogens with zero attached hydrogens (tertiary/aromatic N) is 3. The molecule has 0 unspecified atom stereocenters. The Balaban J connectivity index is 1.85. The number of carbonyl (C=O) groups is 2. The van der Waals surface area contributed by atoms with Gasteiger partial charge in [0.25, 0.3) is 0 Å². The number of benzene rings is 1. The van der Waals surface area contributed by atoms with Crippen molar-refractivity contribution in [3.63, 3.8) is 0 Å². The van der Waals surface area contributed by atoms with Crippen LogP contribution in [-0.4, -0.2) is 44.3 Å². The number of H-pyrrole nitrogens is 1. The summed E-state index contributed by atoms with van der Waals surface area (Å²) in [5.74, 6) is -0.386. The number of carboxylic acid groups (broad SMARTS) is 1. The first kappa shape index (κ1) is 14.2. The van der Waals surface area contributed by atoms with Gasteiger partial charge < -0.3 is 20.5 Å². The summed E-state index contributed by atoms with van der Waals surface area (Å²) in [7, 11) is 0. The summed E-state index contributed by atoms with van der Waals surface area (Å²) in [6.45, 7) is -0.328. The van der Waals surface area contributed by atoms with Crippen LogP contribution in [0.1, 0.15) is 5.82 Å². The molecule has 0 fully saturated rings. The van der Waals surface area contributed by atoms with Crippen molar-refractivity contribution in [2.24, 2.45) is 0 Å². The van der Waals surface area contributed by atoms with Crippen LogP contribution in [0.2, 0.25) is 0 Å². The van der Waals surface area contributed by atoms with Crippen LogP contribution in [0.4, 0.5) is 10.5 Å². The molecular formula is C11H12N6O4. The Kier molecular flexibility index (Phi) is 4.64. The number of carboxylic acids is 1. The lowest BCUT2D eigenvalue weighted by Crippen LogP contribution is -2.28. The molecule has 0 atom stereocenters. The number of hydrogen-bond donors (Lipinski definition) is 4. The van der Waals surface area contributed by atoms with Crippen LogP contribution in [-0.2, 0) is 11.3 Å². The highest BCUT2D eigenvalue weighted by Gasteiger charge is 2.05. The lowest BCUT2D eigenvalue weighted by molar-refractivity contribution is -0.139. The number of anilines is 1. The molecule has 21 heavy (non-hydrogen) atoms. The standard InChI is InChI=1S/C11H12N6O4/c18-10(19)6-21-8-3-1-2-7(4-8)13-11(20)12-5-9-14-16-17-15-9/h1-4H,5-6H2,(H,18,19)(H2,12,13,20)(H,14,15,16,17). The van der Waals surface area contributed by atoms with Crippen molar-refractivity contribution in [1.29, 1.82) is 0 Å². The molecule has 0 aliphatic heterocycles. The predicted molar refractivity (Wildman–Crippen MR) is 69.6 cm³/mol. The summed E-state index contributed by atoms with van der Waals surface area (Å²) < 4.78 is 5.00. The number of nitrogens with one attached hydrogen (secondary N) is 3. The molecule has 0 aliphatic carbocycles. The summed E-state index contributed by atoms with van der Waals surface area (Å²) in [6.07, 6.45) is 0. The molecule has 2 aromatic rings. The molecule has 0 saturated carbocycles. The summed E-state index contributed by atoms with van der Waals surface area (Å²) in [6, 6.07) is 5.91. The fourth-order valence-electron chi connectivity index (χ4n) is 1.40. The minimum atomic E-state index is -1.08. The number of rotatable bonds is 6. The minimum absolute atomic E-state index is 0.123. The number of ether oxygens (including phenoxy) is 1. The zero-order chi connectivity index (χ0) is 15.1. The second-order valence-corrected chi connectivity index (χ2v) is 3.85. The molecule has 0 radical (unpaired) electrons. The Morgan fingerprint density at radius 2 is 2.24 bits per heavy atom. The van der Waals surface area contributed by atoms with Gasteiger partial charge in [0.2, 0.25) is 0 Å². The monoisotopic (exact) mass is 292 g/mol. The second kappa shape index (κ2) is 6.84. The first-order chi connectivity index (χ1) is 10.1. The third kappa shape index (κ3) is 4.78. The molecule has 0 saturated heterocycles. The SMILES string of the molecule is O=C(O)COc1cccc(NC(=O)NCc2nn[nH]n2)c1. The number of tetrazole rings is 1. The number of hydrogen-bond acceptors (Lipinski definition) is 6. The highest BCUT2D eigenvalue weighted by molar-refractivity contribution is 5.89. The number of aliphatic carboxylic acids is 1. The van der Waals surface area contributed by atoms with Gasteiger partial charge in [-0.15, -0.1) is 10.2 Å². The molecule has 1 aromatic carbocycles. The molecule has 0 bridgehead atoms. The average molecular weight is 292 g/mol. The summed E-state index contributed by atoms with van der Waals surface area (Å²) in [5.41, 5.74) is 0.462. The van der Waals surface area contributed by atoms with Gasteiger partial charge in [-0.25, -0.2) is 9.59 Å². The van der Waals surface area contributed by atoms with Crippen molar-refractivity contribution in [1.82, 2.24) is 25.9 Å². The number of aromatic nitrogens is 4. The first-order valence-electron chi connectivity index (χ1n) is 5.85. The number of amides is 2. The van der Waals surface area contributed by atoms with E-state index in [0.717, 1.165) is 0 Å². The van der Waals surface area contributed by atoms with E-state index in [2.05, 4.69) is 31.3 Å². The van der Waals surface area contributed by atoms with Crippen LogP contribution < -0.4 is 15.4 Å². The third-order valence-corrected chi connectivity index (χ3v) is 2.25. The molecule has 4 N–H and O–H groups in total. The van der Waals surface area contributed by atoms with Crippen molar-refractivity contribution < 1.29 is 19.4 Å². The Labute approximate surface area is 118 Å². The van der Waals surface area contributed by atoms with Crippen molar-refractivity contribution in [2.45, 2.75) is 6.54 Å². The van der Waals surface area contributed by atoms with E-state index in [0.29, 0.717) is 17.3 Å². The summed E-state index contributed by atoms with van der Waals surface area (Å²) >= 11 is 0. The van der Waals surface area contributed by atoms with Gasteiger partial charge in [0.15, 0.2) is 12.4 Å². The summed E-state index contributed by atoms with van der Waals surface area (Å²) in [4.78, 5) is 22.1. The van der Waals surface area contributed by atoms with E-state index < -0.39 is 18.6 Å². The molecule has 10 nitrogen and oxygen atoms in total. The quantitative estimate of drug-likeness (QED) is 0.586. The van der Waals surface area contributed by atoms with Gasteiger partial charge in [-0.1, -0.05) is 11.3 Å². The van der Waals surface area contributed by atoms with Crippen molar-refractivity contribution in [3.05, 3.63) is 30.1 Å². The molecule has 0 spiro atoms. The van der Waals surface area contributed by atoms with Crippen molar-refractivity contribution >= 4 is 17.7 Å². The van der Waals surface area contributed by atoms with E-state index in [1.807, 2.05) is 0 Å². The predicted octanol–water partition coefficient (Wildman–Crippen LogP) is -0.0152. The second-order valence-electron chi connectivity index (χ2n) is 3.85. The summed E-state index contributed by atoms with van der Waals surface area (Å²) in [5, 5.41) is 26.6. The maximum absolute atomic E-state index is 11.6. The number of aromatic amines is 1. The molecule has 1 aromatic heterocycles. The van der Waals surface area contributed by atoms with E-state index >= 15 is 0 Å². The zero-order valence-corrected chi connectivity index (χ0v) is 10.7. The molecule has 2 amide bonds. The first-order valence-corrected chi connectivity index (χ1v) is 5.85. The third-order valence-electron chi connectivity index (χ3n) is 2.25. The minimum Gasteiger partial charge on any atom is -0.482 e. The Bertz CT molecular complexity index is 615. The molecule has 1 heterocycles. The van der Waals surface area contributed by atoms with E-state index in [1.54, 1.807) is 18.2 Å². The highest BCUT2D eigenvalue weighted by Crippen LogP contribution is 2.17. The van der Waals surface area contributed by atoms with E-state index in [4.69, 9.17) is 9.84 Å². The number of carbonyl (C=O) groups excluding carboxylic acids is 1. The van der Waals surface area contributed by atoms with E-state index in [1.165, 1.54) is 6.07 Å². The van der Waals surface area contributed by atoms with E-state index in [-0.39, 0.29) is 6.54 Å². The Morgan fingerprint density at radius 3 is 2.95 bits per heavy atom. The van der Waals surface area contributed by atoms with Gasteiger partial charge in [-0.2, -0.15) is 5.21 Å². The Morgan fingerprint density at radius 1 is 1.38 bits per heavy atom. The fourth-order valence-corrected chi connectivity index (χ4v) is 1.40. The van der Waals surface area contributed by atoms with Crippen molar-refractivity contribution in [3.8, 4) is 5.75 Å². The maximum atomic E-state index is 11.6. The van der Waals surface area contributed by atoms with Crippen LogP contribution in [0, 0.1) is 0 Å². The van der Waals surface area contributed by atoms with Crippen LogP contribution in [0.15, 0.2) is 24.3 Å².